The lowest BCUT2D eigenvalue weighted by Gasteiger charge is -2.36. The Morgan fingerprint density at radius 2 is 1.08 bits per heavy atom. The Morgan fingerprint density at radius 1 is 0.452 bits per heavy atom. The summed E-state index contributed by atoms with van der Waals surface area (Å²) in [6.07, 6.45) is 2.30. The fourth-order valence-corrected chi connectivity index (χ4v) is 12.1. The fraction of sp³-hybridized carbons (Fsp3) is 0.217. The highest BCUT2D eigenvalue weighted by Crippen LogP contribution is 2.57. The minimum Gasteiger partial charge on any atom is -0.392 e. The third-order valence-electron chi connectivity index (χ3n) is 16.0. The Balaban J connectivity index is 1.23. The molecule has 0 saturated carbocycles. The number of para-hydroxylation sites is 1. The second-order valence-corrected chi connectivity index (χ2v) is 24.0. The van der Waals surface area contributed by atoms with E-state index in [0.717, 1.165) is 45.1 Å². The van der Waals surface area contributed by atoms with Crippen LogP contribution in [0.4, 0.5) is 0 Å². The fourth-order valence-electron chi connectivity index (χ4n) is 12.1. The van der Waals surface area contributed by atoms with Crippen LogP contribution in [-0.2, 0) is 22.1 Å². The quantitative estimate of drug-likeness (QED) is 0.158. The van der Waals surface area contributed by atoms with Crippen molar-refractivity contribution in [3.63, 3.8) is 0 Å². The molecule has 1 spiro atoms. The molecule has 2 aromatic heterocycles. The standard InChI is InChI=1S/C69H63N3O/c1-42-25-27-45(28-26-42)48-33-34-70-60(38-48)56-37-49(44-19-14-12-15-20-44)36-55-52-23-18-24-59-63(52)72-65(57-39-51(67(6,7)8)40-58(68(9,10)11)64(57)73-69(70,72)62(55)56)71(59)61-41-53(46-21-16-13-17-22-46)43(2)35-54(61)47-29-31-50(32-30-47)66(3,4)5/h12-41H,1-11H3/q+2. The Hall–Kier alpha value is -7.82. The van der Waals surface area contributed by atoms with Gasteiger partial charge >= 0.3 is 11.7 Å². The summed E-state index contributed by atoms with van der Waals surface area (Å²) in [7, 11) is 0. The summed E-state index contributed by atoms with van der Waals surface area (Å²) < 4.78 is 15.9. The Morgan fingerprint density at radius 3 is 1.75 bits per heavy atom. The van der Waals surface area contributed by atoms with Crippen LogP contribution in [0.2, 0.25) is 0 Å². The van der Waals surface area contributed by atoms with E-state index in [9.17, 15) is 0 Å². The molecule has 358 valence electrons. The molecule has 1 atom stereocenters. The number of imidazole rings is 1. The van der Waals surface area contributed by atoms with Crippen LogP contribution in [-0.4, -0.2) is 4.57 Å². The van der Waals surface area contributed by atoms with Crippen molar-refractivity contribution in [1.29, 1.82) is 0 Å². The molecule has 8 aromatic carbocycles. The molecule has 3 aliphatic rings. The normalized spacial score (nSPS) is 15.2. The average Bonchev–Trinajstić information content (AvgIpc) is 3.88. The van der Waals surface area contributed by atoms with Gasteiger partial charge in [-0.2, -0.15) is 4.57 Å². The molecule has 10 aromatic rings. The van der Waals surface area contributed by atoms with Crippen molar-refractivity contribution >= 4 is 11.0 Å². The van der Waals surface area contributed by atoms with Crippen LogP contribution in [0.3, 0.4) is 0 Å². The number of benzene rings is 8. The van der Waals surface area contributed by atoms with Crippen molar-refractivity contribution in [2.45, 2.75) is 98.3 Å². The zero-order valence-electron chi connectivity index (χ0n) is 44.1. The molecule has 1 unspecified atom stereocenters. The summed E-state index contributed by atoms with van der Waals surface area (Å²) in [5.41, 5.74) is 25.7. The van der Waals surface area contributed by atoms with Crippen molar-refractivity contribution in [3.8, 4) is 89.7 Å². The number of fused-ring (bicyclic) bond motifs is 5. The highest BCUT2D eigenvalue weighted by molar-refractivity contribution is 6.00. The molecule has 0 amide bonds. The topological polar surface area (TPSA) is 21.9 Å². The maximum Gasteiger partial charge on any atom is 0.499 e. The van der Waals surface area contributed by atoms with Crippen molar-refractivity contribution < 1.29 is 13.9 Å². The average molecular weight is 950 g/mol. The van der Waals surface area contributed by atoms with Gasteiger partial charge in [-0.05, 0) is 128 Å². The largest absolute Gasteiger partial charge is 0.499 e. The van der Waals surface area contributed by atoms with E-state index < -0.39 is 5.85 Å². The smallest absolute Gasteiger partial charge is 0.392 e. The van der Waals surface area contributed by atoms with E-state index in [0.29, 0.717) is 0 Å². The molecule has 0 aliphatic carbocycles. The third-order valence-corrected chi connectivity index (χ3v) is 16.0. The molecular weight excluding hydrogens is 887 g/mol. The van der Waals surface area contributed by atoms with E-state index in [1.54, 1.807) is 0 Å². The van der Waals surface area contributed by atoms with Crippen LogP contribution < -0.4 is 13.9 Å². The van der Waals surface area contributed by atoms with E-state index in [1.165, 1.54) is 89.0 Å². The maximum absolute atomic E-state index is 8.27. The first-order valence-corrected chi connectivity index (χ1v) is 26.1. The van der Waals surface area contributed by atoms with Crippen LogP contribution in [0.25, 0.3) is 95.0 Å². The highest BCUT2D eigenvalue weighted by atomic mass is 16.5. The van der Waals surface area contributed by atoms with Gasteiger partial charge in [-0.15, -0.1) is 9.13 Å². The van der Waals surface area contributed by atoms with Gasteiger partial charge in [0.2, 0.25) is 5.69 Å². The van der Waals surface area contributed by atoms with Gasteiger partial charge in [-0.25, -0.2) is 0 Å². The predicted octanol–water partition coefficient (Wildman–Crippen LogP) is 16.6. The molecule has 0 N–H and O–H groups in total. The lowest BCUT2D eigenvalue weighted by molar-refractivity contribution is -0.997. The first-order valence-electron chi connectivity index (χ1n) is 26.1. The molecule has 0 radical (unpaired) electrons. The van der Waals surface area contributed by atoms with E-state index >= 15 is 0 Å². The number of pyridine rings is 1. The molecule has 4 nitrogen and oxygen atoms in total. The molecular formula is C69H63N3O+2. The highest BCUT2D eigenvalue weighted by Gasteiger charge is 2.69. The van der Waals surface area contributed by atoms with Gasteiger partial charge < -0.3 is 4.74 Å². The molecule has 0 fully saturated rings. The van der Waals surface area contributed by atoms with Gasteiger partial charge in [-0.1, -0.05) is 189 Å². The van der Waals surface area contributed by atoms with Gasteiger partial charge in [0.1, 0.15) is 16.8 Å². The van der Waals surface area contributed by atoms with Crippen molar-refractivity contribution in [2.75, 3.05) is 0 Å². The third kappa shape index (κ3) is 6.72. The van der Waals surface area contributed by atoms with Crippen LogP contribution >= 0.6 is 0 Å². The predicted molar refractivity (Wildman–Crippen MR) is 300 cm³/mol. The SMILES string of the molecule is Cc1ccc(-c2cc[n+]3c(c2)-c2cc(-c4ccccc4)cc4c2C32Oc3c(cc(C(C)(C)C)cc3C(C)(C)C)-c3n(-c5cc(-c6ccccc6)c(C)cc5-c5ccc(C(C)(C)C)cc5)c5cccc-4c5[n+]32)cc1. The Bertz CT molecular complexity index is 3910. The minimum absolute atomic E-state index is 0.0182. The Labute approximate surface area is 430 Å². The van der Waals surface area contributed by atoms with E-state index in [1.807, 2.05) is 0 Å². The van der Waals surface area contributed by atoms with Crippen LogP contribution in [0.5, 0.6) is 5.75 Å². The number of aromatic nitrogens is 3. The molecule has 73 heavy (non-hydrogen) atoms. The molecule has 0 bridgehead atoms. The summed E-state index contributed by atoms with van der Waals surface area (Å²) in [6.45, 7) is 25.3. The lowest BCUT2D eigenvalue weighted by atomic mass is 9.78. The zero-order chi connectivity index (χ0) is 50.5. The molecule has 0 saturated heterocycles. The summed E-state index contributed by atoms with van der Waals surface area (Å²) in [5.74, 6) is 0.889. The minimum atomic E-state index is -1.13. The van der Waals surface area contributed by atoms with Gasteiger partial charge in [0.15, 0.2) is 23.0 Å². The summed E-state index contributed by atoms with van der Waals surface area (Å²) in [5, 5.41) is 0. The van der Waals surface area contributed by atoms with Gasteiger partial charge in [0, 0.05) is 34.4 Å². The lowest BCUT2D eigenvalue weighted by Crippen LogP contribution is -2.78. The number of hydrogen-bond donors (Lipinski definition) is 0. The van der Waals surface area contributed by atoms with Crippen molar-refractivity contribution in [2.24, 2.45) is 0 Å². The number of ether oxygens (including phenoxy) is 1. The second-order valence-electron chi connectivity index (χ2n) is 24.0. The van der Waals surface area contributed by atoms with Gasteiger partial charge in [0.05, 0.1) is 5.56 Å². The van der Waals surface area contributed by atoms with Gasteiger partial charge in [0.25, 0.3) is 0 Å². The number of hydrogen-bond acceptors (Lipinski definition) is 1. The first-order chi connectivity index (χ1) is 34.9. The van der Waals surface area contributed by atoms with E-state index in [4.69, 9.17) is 4.74 Å². The van der Waals surface area contributed by atoms with Crippen LogP contribution in [0.15, 0.2) is 182 Å². The summed E-state index contributed by atoms with van der Waals surface area (Å²) in [4.78, 5) is 0. The number of nitrogens with zero attached hydrogens (tertiary/aromatic N) is 3. The monoisotopic (exact) mass is 949 g/mol. The molecule has 4 heteroatoms. The van der Waals surface area contributed by atoms with Gasteiger partial charge in [-0.3, -0.25) is 0 Å². The molecule has 13 rings (SSSR count). The number of aryl methyl sites for hydroxylation is 2. The van der Waals surface area contributed by atoms with E-state index in [-0.39, 0.29) is 16.2 Å². The second kappa shape index (κ2) is 15.6. The van der Waals surface area contributed by atoms with Crippen molar-refractivity contribution in [3.05, 3.63) is 216 Å². The molecule has 5 heterocycles. The number of rotatable bonds is 5. The first kappa shape index (κ1) is 45.1. The van der Waals surface area contributed by atoms with E-state index in [2.05, 4.69) is 272 Å². The zero-order valence-corrected chi connectivity index (χ0v) is 44.1. The summed E-state index contributed by atoms with van der Waals surface area (Å²) >= 11 is 0. The maximum atomic E-state index is 8.27. The summed E-state index contributed by atoms with van der Waals surface area (Å²) in [6, 6.07) is 66.4. The Kier molecular flexibility index (Phi) is 9.63. The molecule has 3 aliphatic heterocycles. The van der Waals surface area contributed by atoms with Crippen LogP contribution in [0, 0.1) is 13.8 Å². The van der Waals surface area contributed by atoms with Crippen LogP contribution in [0.1, 0.15) is 95.7 Å². The van der Waals surface area contributed by atoms with Crippen molar-refractivity contribution in [1.82, 2.24) is 4.57 Å².